The van der Waals surface area contributed by atoms with Gasteiger partial charge in [0.1, 0.15) is 0 Å². The molecular formula is C18H28ClN3O2. The third-order valence-electron chi connectivity index (χ3n) is 4.30. The molecule has 0 radical (unpaired) electrons. The lowest BCUT2D eigenvalue weighted by molar-refractivity contribution is -0.135. The summed E-state index contributed by atoms with van der Waals surface area (Å²) in [5, 5.41) is 2.82. The molecule has 1 aromatic rings. The number of piperidine rings is 1. The average Bonchev–Trinajstić information content (AvgIpc) is 2.57. The smallest absolute Gasteiger partial charge is 0.224 e. The Bertz CT molecular complexity index is 551. The molecule has 1 aromatic carbocycles. The number of aryl methyl sites for hydroxylation is 2. The Kier molecular flexibility index (Phi) is 8.79. The van der Waals surface area contributed by atoms with Crippen molar-refractivity contribution in [3.8, 4) is 0 Å². The number of benzene rings is 1. The van der Waals surface area contributed by atoms with Crippen LogP contribution in [0.15, 0.2) is 24.3 Å². The van der Waals surface area contributed by atoms with Crippen molar-refractivity contribution in [1.82, 2.24) is 10.2 Å². The molecule has 1 aliphatic rings. The van der Waals surface area contributed by atoms with Crippen LogP contribution in [0, 0.1) is 12.8 Å². The molecule has 2 rings (SSSR count). The van der Waals surface area contributed by atoms with E-state index in [1.54, 1.807) is 0 Å². The fourth-order valence-electron chi connectivity index (χ4n) is 3.03. The summed E-state index contributed by atoms with van der Waals surface area (Å²) in [6.07, 6.45) is 2.98. The molecule has 6 heteroatoms. The minimum atomic E-state index is -0.0989. The van der Waals surface area contributed by atoms with Gasteiger partial charge in [0, 0.05) is 32.6 Å². The minimum Gasteiger partial charge on any atom is -0.355 e. The van der Waals surface area contributed by atoms with Crippen LogP contribution in [-0.2, 0) is 16.0 Å². The van der Waals surface area contributed by atoms with Gasteiger partial charge in [0.15, 0.2) is 0 Å². The maximum Gasteiger partial charge on any atom is 0.224 e. The highest BCUT2D eigenvalue weighted by Crippen LogP contribution is 2.18. The summed E-state index contributed by atoms with van der Waals surface area (Å²) in [4.78, 5) is 26.3. The quantitative estimate of drug-likeness (QED) is 0.816. The molecular weight excluding hydrogens is 326 g/mol. The number of carbonyl (C=O) groups excluding carboxylic acids is 2. The van der Waals surface area contributed by atoms with Crippen LogP contribution in [0.1, 0.15) is 30.4 Å². The van der Waals surface area contributed by atoms with Crippen LogP contribution in [0.2, 0.25) is 0 Å². The fraction of sp³-hybridized carbons (Fsp3) is 0.556. The number of carbonyl (C=O) groups is 2. The molecule has 1 saturated heterocycles. The van der Waals surface area contributed by atoms with Crippen molar-refractivity contribution in [1.29, 1.82) is 0 Å². The van der Waals surface area contributed by atoms with E-state index in [0.717, 1.165) is 25.8 Å². The van der Waals surface area contributed by atoms with Crippen molar-refractivity contribution in [3.63, 3.8) is 0 Å². The molecule has 2 amide bonds. The first kappa shape index (κ1) is 20.5. The highest BCUT2D eigenvalue weighted by Gasteiger charge is 2.27. The monoisotopic (exact) mass is 353 g/mol. The van der Waals surface area contributed by atoms with E-state index in [9.17, 15) is 9.59 Å². The normalized spacial score (nSPS) is 17.1. The largest absolute Gasteiger partial charge is 0.355 e. The first-order chi connectivity index (χ1) is 11.1. The van der Waals surface area contributed by atoms with E-state index in [1.807, 2.05) is 11.0 Å². The second-order valence-corrected chi connectivity index (χ2v) is 6.25. The molecule has 3 N–H and O–H groups in total. The zero-order chi connectivity index (χ0) is 16.7. The zero-order valence-corrected chi connectivity index (χ0v) is 15.1. The fourth-order valence-corrected chi connectivity index (χ4v) is 3.03. The number of rotatable bonds is 6. The number of nitrogens with zero attached hydrogens (tertiary/aromatic N) is 1. The molecule has 1 atom stereocenters. The number of nitrogens with one attached hydrogen (secondary N) is 1. The van der Waals surface area contributed by atoms with Gasteiger partial charge in [-0.3, -0.25) is 9.59 Å². The molecule has 1 unspecified atom stereocenters. The lowest BCUT2D eigenvalue weighted by atomic mass is 9.96. The third kappa shape index (κ3) is 6.13. The maximum absolute atomic E-state index is 12.4. The minimum absolute atomic E-state index is 0. The van der Waals surface area contributed by atoms with Gasteiger partial charge in [-0.2, -0.15) is 0 Å². The average molecular weight is 354 g/mol. The topological polar surface area (TPSA) is 75.4 Å². The third-order valence-corrected chi connectivity index (χ3v) is 4.30. The molecule has 0 spiro atoms. The lowest BCUT2D eigenvalue weighted by Crippen LogP contribution is -2.46. The highest BCUT2D eigenvalue weighted by atomic mass is 35.5. The van der Waals surface area contributed by atoms with Crippen molar-refractivity contribution in [2.75, 3.05) is 26.2 Å². The van der Waals surface area contributed by atoms with Gasteiger partial charge in [0.2, 0.25) is 11.8 Å². The highest BCUT2D eigenvalue weighted by molar-refractivity contribution is 5.85. The summed E-state index contributed by atoms with van der Waals surface area (Å²) < 4.78 is 0. The standard InChI is InChI=1S/C18H27N3O2.ClH/c1-14-4-2-5-15(12-14)7-8-17(22)21-11-3-6-16(13-21)18(23)20-10-9-19;/h2,4-5,12,16H,3,6-11,13,19H2,1H3,(H,20,23);1H. The van der Waals surface area contributed by atoms with Gasteiger partial charge in [-0.15, -0.1) is 12.4 Å². The van der Waals surface area contributed by atoms with Crippen LogP contribution in [0.4, 0.5) is 0 Å². The van der Waals surface area contributed by atoms with Crippen molar-refractivity contribution in [2.45, 2.75) is 32.6 Å². The van der Waals surface area contributed by atoms with Gasteiger partial charge in [-0.25, -0.2) is 0 Å². The number of likely N-dealkylation sites (tertiary alicyclic amines) is 1. The second-order valence-electron chi connectivity index (χ2n) is 6.25. The van der Waals surface area contributed by atoms with Crippen LogP contribution in [0.25, 0.3) is 0 Å². The van der Waals surface area contributed by atoms with Crippen LogP contribution in [-0.4, -0.2) is 42.9 Å². The molecule has 24 heavy (non-hydrogen) atoms. The van der Waals surface area contributed by atoms with Crippen LogP contribution < -0.4 is 11.1 Å². The number of halogens is 1. The molecule has 0 aromatic heterocycles. The second kappa shape index (κ2) is 10.3. The summed E-state index contributed by atoms with van der Waals surface area (Å²) in [6.45, 7) is 4.28. The molecule has 134 valence electrons. The predicted octanol–water partition coefficient (Wildman–Crippen LogP) is 1.66. The van der Waals surface area contributed by atoms with E-state index in [2.05, 4.69) is 30.4 Å². The number of amides is 2. The van der Waals surface area contributed by atoms with E-state index in [4.69, 9.17) is 5.73 Å². The van der Waals surface area contributed by atoms with E-state index in [1.165, 1.54) is 11.1 Å². The Balaban J connectivity index is 0.00000288. The summed E-state index contributed by atoms with van der Waals surface area (Å²) in [7, 11) is 0. The van der Waals surface area contributed by atoms with Crippen molar-refractivity contribution in [2.24, 2.45) is 11.7 Å². The zero-order valence-electron chi connectivity index (χ0n) is 14.3. The van der Waals surface area contributed by atoms with Crippen LogP contribution in [0.3, 0.4) is 0 Å². The lowest BCUT2D eigenvalue weighted by Gasteiger charge is -2.32. The SMILES string of the molecule is Cc1cccc(CCC(=O)N2CCCC(C(=O)NCCN)C2)c1.Cl. The van der Waals surface area contributed by atoms with Crippen LogP contribution in [0.5, 0.6) is 0 Å². The van der Waals surface area contributed by atoms with E-state index >= 15 is 0 Å². The van der Waals surface area contributed by atoms with Gasteiger partial charge < -0.3 is 16.0 Å². The maximum atomic E-state index is 12.4. The molecule has 1 aliphatic heterocycles. The van der Waals surface area contributed by atoms with E-state index in [-0.39, 0.29) is 30.1 Å². The molecule has 0 saturated carbocycles. The first-order valence-electron chi connectivity index (χ1n) is 8.41. The van der Waals surface area contributed by atoms with Crippen LogP contribution >= 0.6 is 12.4 Å². The molecule has 0 aliphatic carbocycles. The summed E-state index contributed by atoms with van der Waals surface area (Å²) in [5.41, 5.74) is 7.81. The Morgan fingerprint density at radius 1 is 1.38 bits per heavy atom. The Hall–Kier alpha value is -1.59. The molecule has 0 bridgehead atoms. The molecule has 5 nitrogen and oxygen atoms in total. The van der Waals surface area contributed by atoms with Crippen molar-refractivity contribution in [3.05, 3.63) is 35.4 Å². The van der Waals surface area contributed by atoms with Crippen molar-refractivity contribution < 1.29 is 9.59 Å². The number of hydrogen-bond donors (Lipinski definition) is 2. The molecule has 1 fully saturated rings. The molecule has 1 heterocycles. The number of hydrogen-bond acceptors (Lipinski definition) is 3. The Morgan fingerprint density at radius 3 is 2.88 bits per heavy atom. The van der Waals surface area contributed by atoms with Crippen molar-refractivity contribution >= 4 is 24.2 Å². The summed E-state index contributed by atoms with van der Waals surface area (Å²) >= 11 is 0. The van der Waals surface area contributed by atoms with Gasteiger partial charge in [-0.05, 0) is 31.7 Å². The Labute approximate surface area is 150 Å². The van der Waals surface area contributed by atoms with Gasteiger partial charge in [0.05, 0.1) is 5.92 Å². The number of nitrogens with two attached hydrogens (primary N) is 1. The Morgan fingerprint density at radius 2 is 2.17 bits per heavy atom. The summed E-state index contributed by atoms with van der Waals surface area (Å²) in [6, 6.07) is 8.25. The van der Waals surface area contributed by atoms with Gasteiger partial charge >= 0.3 is 0 Å². The predicted molar refractivity (Wildman–Crippen MR) is 98.1 cm³/mol. The van der Waals surface area contributed by atoms with Gasteiger partial charge in [-0.1, -0.05) is 29.8 Å². The first-order valence-corrected chi connectivity index (χ1v) is 8.41. The van der Waals surface area contributed by atoms with E-state index in [0.29, 0.717) is 26.1 Å². The summed E-state index contributed by atoms with van der Waals surface area (Å²) in [5.74, 6) is 0.0627. The van der Waals surface area contributed by atoms with E-state index < -0.39 is 0 Å². The van der Waals surface area contributed by atoms with Gasteiger partial charge in [0.25, 0.3) is 0 Å².